The molecule has 2 heterocycles. The number of hydrogen-bond acceptors (Lipinski definition) is 3. The molecule has 1 amide bonds. The standard InChI is InChI=1S/C23H20F2N4O3/c24-17-7-5-15(11-18(17)25)13-29-10-2-4-16(22(29)31)21(30)26-9-1-3-14-6-8-19-20(12-14)28-23(32)27-19/h2,4-8,10-12H,1,3,9,13H2,(H,26,30)(H2,27,28,32). The smallest absolute Gasteiger partial charge is 0.323 e. The predicted octanol–water partition coefficient (Wildman–Crippen LogP) is 2.71. The van der Waals surface area contributed by atoms with Gasteiger partial charge in [-0.15, -0.1) is 0 Å². The SMILES string of the molecule is O=C(NCCCc1ccc2[nH]c(=O)[nH]c2c1)c1cccn(Cc2ccc(F)c(F)c2)c1=O. The van der Waals surface area contributed by atoms with Gasteiger partial charge >= 0.3 is 5.69 Å². The fraction of sp³-hybridized carbons (Fsp3) is 0.174. The van der Waals surface area contributed by atoms with Crippen LogP contribution < -0.4 is 16.6 Å². The van der Waals surface area contributed by atoms with E-state index < -0.39 is 23.1 Å². The first-order valence-electron chi connectivity index (χ1n) is 10.0. The largest absolute Gasteiger partial charge is 0.352 e. The minimum Gasteiger partial charge on any atom is -0.352 e. The number of rotatable bonds is 7. The molecule has 0 radical (unpaired) electrons. The Morgan fingerprint density at radius 2 is 1.72 bits per heavy atom. The van der Waals surface area contributed by atoms with Crippen LogP contribution in [0.4, 0.5) is 8.78 Å². The number of pyridine rings is 1. The molecule has 32 heavy (non-hydrogen) atoms. The summed E-state index contributed by atoms with van der Waals surface area (Å²) in [5.41, 5.74) is 2.07. The molecule has 3 N–H and O–H groups in total. The lowest BCUT2D eigenvalue weighted by Crippen LogP contribution is -2.33. The fourth-order valence-corrected chi connectivity index (χ4v) is 3.49. The van der Waals surface area contributed by atoms with Crippen LogP contribution in [0, 0.1) is 11.6 Å². The fourth-order valence-electron chi connectivity index (χ4n) is 3.49. The number of nitrogens with zero attached hydrogens (tertiary/aromatic N) is 1. The first kappa shape index (κ1) is 21.2. The average Bonchev–Trinajstić information content (AvgIpc) is 3.14. The van der Waals surface area contributed by atoms with Gasteiger partial charge in [0.25, 0.3) is 11.5 Å². The summed E-state index contributed by atoms with van der Waals surface area (Å²) >= 11 is 0. The molecule has 0 aliphatic carbocycles. The van der Waals surface area contributed by atoms with Gasteiger partial charge in [-0.1, -0.05) is 12.1 Å². The van der Waals surface area contributed by atoms with Crippen molar-refractivity contribution < 1.29 is 13.6 Å². The van der Waals surface area contributed by atoms with Crippen LogP contribution in [0.15, 0.2) is 64.3 Å². The van der Waals surface area contributed by atoms with E-state index in [0.29, 0.717) is 24.9 Å². The van der Waals surface area contributed by atoms with Crippen molar-refractivity contribution in [1.29, 1.82) is 0 Å². The van der Waals surface area contributed by atoms with E-state index in [4.69, 9.17) is 0 Å². The van der Waals surface area contributed by atoms with Crippen molar-refractivity contribution >= 4 is 16.9 Å². The topological polar surface area (TPSA) is 99.8 Å². The number of hydrogen-bond donors (Lipinski definition) is 3. The lowest BCUT2D eigenvalue weighted by atomic mass is 10.1. The Hall–Kier alpha value is -4.01. The number of carbonyl (C=O) groups excluding carboxylic acids is 1. The molecule has 0 saturated heterocycles. The Bertz CT molecular complexity index is 1400. The number of benzene rings is 2. The number of halogens is 2. The molecule has 2 aromatic carbocycles. The number of imidazole rings is 1. The van der Waals surface area contributed by atoms with E-state index in [-0.39, 0.29) is 17.8 Å². The number of amides is 1. The quantitative estimate of drug-likeness (QED) is 0.387. The summed E-state index contributed by atoms with van der Waals surface area (Å²) in [6, 6.07) is 12.0. The molecular formula is C23H20F2N4O3. The molecule has 4 rings (SSSR count). The second kappa shape index (κ2) is 9.01. The summed E-state index contributed by atoms with van der Waals surface area (Å²) in [5, 5.41) is 2.73. The molecule has 0 unspecified atom stereocenters. The Balaban J connectivity index is 1.36. The minimum atomic E-state index is -0.994. The van der Waals surface area contributed by atoms with Gasteiger partial charge < -0.3 is 19.9 Å². The second-order valence-electron chi connectivity index (χ2n) is 7.42. The molecule has 0 aliphatic heterocycles. The van der Waals surface area contributed by atoms with Crippen LogP contribution in [0.3, 0.4) is 0 Å². The summed E-state index contributed by atoms with van der Waals surface area (Å²) in [5.74, 6) is -2.46. The van der Waals surface area contributed by atoms with Gasteiger partial charge in [-0.25, -0.2) is 13.6 Å². The lowest BCUT2D eigenvalue weighted by Gasteiger charge is -2.09. The number of aromatic amines is 2. The molecule has 0 aliphatic rings. The van der Waals surface area contributed by atoms with Crippen molar-refractivity contribution in [3.8, 4) is 0 Å². The van der Waals surface area contributed by atoms with Gasteiger partial charge in [0.2, 0.25) is 0 Å². The van der Waals surface area contributed by atoms with E-state index in [1.165, 1.54) is 22.9 Å². The van der Waals surface area contributed by atoms with E-state index in [0.717, 1.165) is 28.7 Å². The van der Waals surface area contributed by atoms with E-state index in [1.54, 1.807) is 6.07 Å². The monoisotopic (exact) mass is 438 g/mol. The Morgan fingerprint density at radius 1 is 0.938 bits per heavy atom. The summed E-state index contributed by atoms with van der Waals surface area (Å²) in [4.78, 5) is 41.9. The number of aryl methyl sites for hydroxylation is 1. The maximum Gasteiger partial charge on any atom is 0.323 e. The van der Waals surface area contributed by atoms with Crippen molar-refractivity contribution in [3.63, 3.8) is 0 Å². The maximum atomic E-state index is 13.4. The van der Waals surface area contributed by atoms with Gasteiger partial charge in [0, 0.05) is 12.7 Å². The van der Waals surface area contributed by atoms with Crippen molar-refractivity contribution in [2.75, 3.05) is 6.54 Å². The van der Waals surface area contributed by atoms with E-state index in [2.05, 4.69) is 15.3 Å². The van der Waals surface area contributed by atoms with Crippen LogP contribution in [-0.4, -0.2) is 27.0 Å². The third-order valence-electron chi connectivity index (χ3n) is 5.11. The zero-order valence-corrected chi connectivity index (χ0v) is 17.0. The molecule has 0 saturated carbocycles. The maximum absolute atomic E-state index is 13.4. The highest BCUT2D eigenvalue weighted by molar-refractivity contribution is 5.93. The van der Waals surface area contributed by atoms with Crippen LogP contribution in [0.1, 0.15) is 27.9 Å². The minimum absolute atomic E-state index is 0.0148. The van der Waals surface area contributed by atoms with E-state index in [9.17, 15) is 23.2 Å². The molecule has 164 valence electrons. The third kappa shape index (κ3) is 4.66. The van der Waals surface area contributed by atoms with Gasteiger partial charge in [0.15, 0.2) is 11.6 Å². The molecule has 0 bridgehead atoms. The van der Waals surface area contributed by atoms with E-state index in [1.807, 2.05) is 18.2 Å². The van der Waals surface area contributed by atoms with Crippen LogP contribution in [0.2, 0.25) is 0 Å². The summed E-state index contributed by atoms with van der Waals surface area (Å²) in [6.07, 6.45) is 2.81. The number of H-pyrrole nitrogens is 2. The number of aromatic nitrogens is 3. The number of carbonyl (C=O) groups is 1. The predicted molar refractivity (Wildman–Crippen MR) is 116 cm³/mol. The molecule has 7 nitrogen and oxygen atoms in total. The summed E-state index contributed by atoms with van der Waals surface area (Å²) in [6.45, 7) is 0.374. The van der Waals surface area contributed by atoms with Crippen molar-refractivity contribution in [3.05, 3.63) is 104 Å². The highest BCUT2D eigenvalue weighted by Crippen LogP contribution is 2.12. The molecule has 0 atom stereocenters. The third-order valence-corrected chi connectivity index (χ3v) is 5.11. The molecule has 0 spiro atoms. The lowest BCUT2D eigenvalue weighted by molar-refractivity contribution is 0.0951. The zero-order valence-electron chi connectivity index (χ0n) is 17.0. The second-order valence-corrected chi connectivity index (χ2v) is 7.42. The Morgan fingerprint density at radius 3 is 2.53 bits per heavy atom. The van der Waals surface area contributed by atoms with Crippen LogP contribution in [0.5, 0.6) is 0 Å². The number of fused-ring (bicyclic) bond motifs is 1. The Kier molecular flexibility index (Phi) is 5.98. The summed E-state index contributed by atoms with van der Waals surface area (Å²) in [7, 11) is 0. The van der Waals surface area contributed by atoms with Crippen LogP contribution in [-0.2, 0) is 13.0 Å². The molecule has 4 aromatic rings. The highest BCUT2D eigenvalue weighted by atomic mass is 19.2. The van der Waals surface area contributed by atoms with Crippen molar-refractivity contribution in [2.45, 2.75) is 19.4 Å². The van der Waals surface area contributed by atoms with Crippen molar-refractivity contribution in [2.24, 2.45) is 0 Å². The van der Waals surface area contributed by atoms with Gasteiger partial charge in [0.1, 0.15) is 5.56 Å². The molecule has 0 fully saturated rings. The first-order chi connectivity index (χ1) is 15.4. The summed E-state index contributed by atoms with van der Waals surface area (Å²) < 4.78 is 27.8. The molecule has 9 heteroatoms. The highest BCUT2D eigenvalue weighted by Gasteiger charge is 2.12. The van der Waals surface area contributed by atoms with Crippen LogP contribution >= 0.6 is 0 Å². The first-order valence-corrected chi connectivity index (χ1v) is 10.0. The van der Waals surface area contributed by atoms with Crippen molar-refractivity contribution in [1.82, 2.24) is 19.9 Å². The van der Waals surface area contributed by atoms with Gasteiger partial charge in [0.05, 0.1) is 17.6 Å². The normalized spacial score (nSPS) is 11.1. The molecular weight excluding hydrogens is 418 g/mol. The zero-order chi connectivity index (χ0) is 22.7. The van der Waals surface area contributed by atoms with Gasteiger partial charge in [-0.05, 0) is 60.4 Å². The Labute approximate surface area is 180 Å². The molecule has 2 aromatic heterocycles. The van der Waals surface area contributed by atoms with Crippen LogP contribution in [0.25, 0.3) is 11.0 Å². The van der Waals surface area contributed by atoms with E-state index >= 15 is 0 Å². The van der Waals surface area contributed by atoms with Gasteiger partial charge in [-0.3, -0.25) is 9.59 Å². The average molecular weight is 438 g/mol. The van der Waals surface area contributed by atoms with Gasteiger partial charge in [-0.2, -0.15) is 0 Å². The number of nitrogens with one attached hydrogen (secondary N) is 3.